The van der Waals surface area contributed by atoms with Gasteiger partial charge in [0, 0.05) is 12.5 Å². The Hall–Kier alpha value is -1.39. The Bertz CT molecular complexity index is 366. The highest BCUT2D eigenvalue weighted by Crippen LogP contribution is 2.32. The molecule has 0 spiro atoms. The number of nitrogens with zero attached hydrogens (tertiary/aromatic N) is 2. The van der Waals surface area contributed by atoms with E-state index in [1.165, 1.54) is 6.92 Å². The summed E-state index contributed by atoms with van der Waals surface area (Å²) in [5.74, 6) is -0.740. The zero-order chi connectivity index (χ0) is 12.9. The predicted octanol–water partition coefficient (Wildman–Crippen LogP) is 1.37. The van der Waals surface area contributed by atoms with Crippen molar-refractivity contribution in [1.29, 1.82) is 0 Å². The van der Waals surface area contributed by atoms with Gasteiger partial charge in [0.1, 0.15) is 5.54 Å². The molecular weight excluding hydrogens is 208 g/mol. The van der Waals surface area contributed by atoms with Crippen LogP contribution in [0.15, 0.2) is 0 Å². The Labute approximate surface area is 95.4 Å². The molecule has 1 aliphatic rings. The quantitative estimate of drug-likeness (QED) is 0.586. The van der Waals surface area contributed by atoms with E-state index in [4.69, 9.17) is 0 Å². The number of rotatable bonds is 0. The van der Waals surface area contributed by atoms with E-state index < -0.39 is 23.0 Å². The molecule has 0 bridgehead atoms. The second-order valence-corrected chi connectivity index (χ2v) is 5.51. The zero-order valence-electron chi connectivity index (χ0n) is 10.6. The lowest BCUT2D eigenvalue weighted by Crippen LogP contribution is -2.47. The van der Waals surface area contributed by atoms with E-state index in [0.29, 0.717) is 0 Å². The molecule has 5 nitrogen and oxygen atoms in total. The van der Waals surface area contributed by atoms with E-state index in [0.717, 1.165) is 9.80 Å². The topological polar surface area (TPSA) is 57.7 Å². The summed E-state index contributed by atoms with van der Waals surface area (Å²) >= 11 is 0. The van der Waals surface area contributed by atoms with Crippen LogP contribution in [0, 0.1) is 0 Å². The Morgan fingerprint density at radius 2 is 1.62 bits per heavy atom. The minimum atomic E-state index is -1.09. The molecule has 0 unspecified atom stereocenters. The van der Waals surface area contributed by atoms with Gasteiger partial charge in [-0.05, 0) is 34.6 Å². The molecule has 90 valence electrons. The largest absolute Gasteiger partial charge is 0.334 e. The Morgan fingerprint density at radius 1 is 1.19 bits per heavy atom. The molecule has 1 heterocycles. The van der Waals surface area contributed by atoms with Crippen LogP contribution in [0.2, 0.25) is 0 Å². The normalized spacial score (nSPS) is 20.6. The van der Waals surface area contributed by atoms with Gasteiger partial charge in [-0.2, -0.15) is 0 Å². The molecule has 0 aromatic rings. The van der Waals surface area contributed by atoms with Crippen LogP contribution < -0.4 is 0 Å². The van der Waals surface area contributed by atoms with Crippen molar-refractivity contribution in [3.63, 3.8) is 0 Å². The van der Waals surface area contributed by atoms with E-state index in [-0.39, 0.29) is 5.91 Å². The van der Waals surface area contributed by atoms with Gasteiger partial charge in [-0.1, -0.05) is 0 Å². The number of hydrogen-bond acceptors (Lipinski definition) is 3. The third-order valence-corrected chi connectivity index (χ3v) is 2.65. The maximum atomic E-state index is 12.1. The number of carbonyl (C=O) groups excluding carboxylic acids is 3. The molecule has 1 rings (SSSR count). The van der Waals surface area contributed by atoms with Crippen LogP contribution in [-0.4, -0.2) is 38.7 Å². The maximum Gasteiger partial charge on any atom is 0.334 e. The fraction of sp³-hybridized carbons (Fsp3) is 0.727. The average Bonchev–Trinajstić information content (AvgIpc) is 2.16. The van der Waals surface area contributed by atoms with Gasteiger partial charge in [-0.25, -0.2) is 9.69 Å². The van der Waals surface area contributed by atoms with Crippen LogP contribution in [0.5, 0.6) is 0 Å². The molecule has 0 aromatic heterocycles. The lowest BCUT2D eigenvalue weighted by Gasteiger charge is -2.29. The first-order chi connectivity index (χ1) is 7.01. The number of carbonyl (C=O) groups is 3. The van der Waals surface area contributed by atoms with Crippen LogP contribution in [-0.2, 0) is 9.59 Å². The van der Waals surface area contributed by atoms with Crippen LogP contribution in [0.1, 0.15) is 41.5 Å². The van der Waals surface area contributed by atoms with Gasteiger partial charge < -0.3 is 0 Å². The smallest absolute Gasteiger partial charge is 0.275 e. The third kappa shape index (κ3) is 1.60. The van der Waals surface area contributed by atoms with Crippen LogP contribution in [0.4, 0.5) is 4.79 Å². The van der Waals surface area contributed by atoms with Gasteiger partial charge >= 0.3 is 6.03 Å². The van der Waals surface area contributed by atoms with Crippen molar-refractivity contribution in [2.75, 3.05) is 0 Å². The number of urea groups is 1. The molecule has 4 amide bonds. The van der Waals surface area contributed by atoms with Gasteiger partial charge in [-0.3, -0.25) is 14.5 Å². The fourth-order valence-electron chi connectivity index (χ4n) is 1.92. The van der Waals surface area contributed by atoms with Crippen molar-refractivity contribution >= 4 is 17.8 Å². The molecule has 1 aliphatic heterocycles. The van der Waals surface area contributed by atoms with Crippen LogP contribution in [0.25, 0.3) is 0 Å². The lowest BCUT2D eigenvalue weighted by atomic mass is 10.0. The molecule has 0 aliphatic carbocycles. The van der Waals surface area contributed by atoms with Gasteiger partial charge in [0.25, 0.3) is 5.91 Å². The van der Waals surface area contributed by atoms with Crippen molar-refractivity contribution < 1.29 is 14.4 Å². The summed E-state index contributed by atoms with van der Waals surface area (Å²) in [4.78, 5) is 37.7. The maximum absolute atomic E-state index is 12.1. The van der Waals surface area contributed by atoms with Gasteiger partial charge in [-0.15, -0.1) is 0 Å². The number of amides is 4. The first-order valence-corrected chi connectivity index (χ1v) is 5.20. The molecule has 1 saturated heterocycles. The minimum Gasteiger partial charge on any atom is -0.275 e. The van der Waals surface area contributed by atoms with Gasteiger partial charge in [0.15, 0.2) is 0 Å². The average molecular weight is 226 g/mol. The number of imide groups is 2. The summed E-state index contributed by atoms with van der Waals surface area (Å²) in [5.41, 5.74) is -1.70. The van der Waals surface area contributed by atoms with Crippen molar-refractivity contribution in [3.8, 4) is 0 Å². The SMILES string of the molecule is CC(=O)N1C(=O)N(C(C)(C)C)C(=O)C1(C)C. The Balaban J connectivity index is 3.28. The second kappa shape index (κ2) is 3.30. The molecule has 16 heavy (non-hydrogen) atoms. The summed E-state index contributed by atoms with van der Waals surface area (Å²) in [7, 11) is 0. The van der Waals surface area contributed by atoms with Gasteiger partial charge in [0.2, 0.25) is 5.91 Å². The number of hydrogen-bond donors (Lipinski definition) is 0. The fourth-order valence-corrected chi connectivity index (χ4v) is 1.92. The van der Waals surface area contributed by atoms with Crippen molar-refractivity contribution in [1.82, 2.24) is 9.80 Å². The summed E-state index contributed by atoms with van der Waals surface area (Å²) < 4.78 is 0. The monoisotopic (exact) mass is 226 g/mol. The standard InChI is InChI=1S/C11H18N2O3/c1-7(14)12-9(16)13(10(2,3)4)8(15)11(12,5)6/h1-6H3. The van der Waals surface area contributed by atoms with Crippen molar-refractivity contribution in [3.05, 3.63) is 0 Å². The Morgan fingerprint density at radius 3 is 1.81 bits per heavy atom. The highest BCUT2D eigenvalue weighted by Gasteiger charge is 2.56. The molecule has 0 aromatic carbocycles. The van der Waals surface area contributed by atoms with E-state index in [9.17, 15) is 14.4 Å². The summed E-state index contributed by atoms with van der Waals surface area (Å²) in [6.45, 7) is 9.76. The lowest BCUT2D eigenvalue weighted by molar-refractivity contribution is -0.139. The first-order valence-electron chi connectivity index (χ1n) is 5.20. The van der Waals surface area contributed by atoms with Crippen LogP contribution >= 0.6 is 0 Å². The van der Waals surface area contributed by atoms with E-state index in [2.05, 4.69) is 0 Å². The summed E-state index contributed by atoms with van der Waals surface area (Å²) in [5, 5.41) is 0. The first kappa shape index (κ1) is 12.7. The van der Waals surface area contributed by atoms with E-state index >= 15 is 0 Å². The molecular formula is C11H18N2O3. The molecule has 0 radical (unpaired) electrons. The highest BCUT2D eigenvalue weighted by atomic mass is 16.2. The Kier molecular flexibility index (Phi) is 2.61. The van der Waals surface area contributed by atoms with E-state index in [1.54, 1.807) is 34.6 Å². The second-order valence-electron chi connectivity index (χ2n) is 5.51. The third-order valence-electron chi connectivity index (χ3n) is 2.65. The predicted molar refractivity (Wildman–Crippen MR) is 58.6 cm³/mol. The summed E-state index contributed by atoms with van der Waals surface area (Å²) in [6, 6.07) is -0.532. The molecule has 1 fully saturated rings. The highest BCUT2D eigenvalue weighted by molar-refractivity contribution is 6.13. The molecule has 5 heteroatoms. The van der Waals surface area contributed by atoms with Crippen molar-refractivity contribution in [2.24, 2.45) is 0 Å². The summed E-state index contributed by atoms with van der Waals surface area (Å²) in [6.07, 6.45) is 0. The van der Waals surface area contributed by atoms with Crippen molar-refractivity contribution in [2.45, 2.75) is 52.6 Å². The molecule has 0 atom stereocenters. The molecule has 0 N–H and O–H groups in total. The van der Waals surface area contributed by atoms with Gasteiger partial charge in [0.05, 0.1) is 0 Å². The zero-order valence-corrected chi connectivity index (χ0v) is 10.6. The van der Waals surface area contributed by atoms with Crippen LogP contribution in [0.3, 0.4) is 0 Å². The van der Waals surface area contributed by atoms with E-state index in [1.807, 2.05) is 0 Å². The minimum absolute atomic E-state index is 0.333. The molecule has 0 saturated carbocycles.